The van der Waals surface area contributed by atoms with Crippen LogP contribution in [0.2, 0.25) is 0 Å². The highest BCUT2D eigenvalue weighted by Gasteiger charge is 2.27. The van der Waals surface area contributed by atoms with E-state index in [1.54, 1.807) is 7.11 Å². The molecule has 0 heterocycles. The van der Waals surface area contributed by atoms with E-state index in [4.69, 9.17) is 9.47 Å². The van der Waals surface area contributed by atoms with Gasteiger partial charge in [-0.3, -0.25) is 0 Å². The van der Waals surface area contributed by atoms with Gasteiger partial charge in [0.05, 0.1) is 13.7 Å². The highest BCUT2D eigenvalue weighted by molar-refractivity contribution is 5.27. The first-order valence-electron chi connectivity index (χ1n) is 7.32. The minimum atomic E-state index is 0.449. The highest BCUT2D eigenvalue weighted by Crippen LogP contribution is 2.18. The van der Waals surface area contributed by atoms with Crippen molar-refractivity contribution < 1.29 is 14.8 Å². The smallest absolute Gasteiger partial charge is 0.118 e. The molecule has 19 heavy (non-hydrogen) atoms. The van der Waals surface area contributed by atoms with E-state index < -0.39 is 0 Å². The summed E-state index contributed by atoms with van der Waals surface area (Å²) in [6.07, 6.45) is 6.74. The van der Waals surface area contributed by atoms with Crippen LogP contribution < -0.4 is 10.1 Å². The van der Waals surface area contributed by atoms with Gasteiger partial charge in [-0.1, -0.05) is 18.6 Å². The molecule has 0 bridgehead atoms. The summed E-state index contributed by atoms with van der Waals surface area (Å²) in [6, 6.07) is 9.03. The van der Waals surface area contributed by atoms with Crippen molar-refractivity contribution in [2.45, 2.75) is 44.2 Å². The highest BCUT2D eigenvalue weighted by atomic mass is 16.5. The molecule has 2 atom stereocenters. The van der Waals surface area contributed by atoms with Crippen molar-refractivity contribution in [3.8, 4) is 5.75 Å². The molecule has 0 aliphatic heterocycles. The Morgan fingerprint density at radius 1 is 1.11 bits per heavy atom. The number of hydrogen-bond donors (Lipinski definition) is 1. The molecule has 3 nitrogen and oxygen atoms in total. The fourth-order valence-corrected chi connectivity index (χ4v) is 2.94. The maximum absolute atomic E-state index is 5.59. The zero-order valence-electron chi connectivity index (χ0n) is 12.1. The molecular formula is C16H26NO2+. The average molecular weight is 264 g/mol. The normalized spacial score (nSPS) is 23.3. The van der Waals surface area contributed by atoms with Gasteiger partial charge in [-0.25, -0.2) is 0 Å². The Hall–Kier alpha value is -1.06. The Balaban J connectivity index is 1.75. The van der Waals surface area contributed by atoms with Crippen molar-refractivity contribution in [2.24, 2.45) is 0 Å². The first-order chi connectivity index (χ1) is 9.33. The van der Waals surface area contributed by atoms with Gasteiger partial charge in [-0.2, -0.15) is 0 Å². The van der Waals surface area contributed by atoms with E-state index in [9.17, 15) is 0 Å². The summed E-state index contributed by atoms with van der Waals surface area (Å²) in [5.41, 5.74) is 1.38. The second kappa shape index (κ2) is 7.51. The van der Waals surface area contributed by atoms with Crippen LogP contribution in [0.25, 0.3) is 0 Å². The zero-order chi connectivity index (χ0) is 13.5. The van der Waals surface area contributed by atoms with Gasteiger partial charge in [0.25, 0.3) is 0 Å². The molecule has 3 heteroatoms. The molecule has 0 saturated heterocycles. The van der Waals surface area contributed by atoms with E-state index in [0.717, 1.165) is 18.7 Å². The van der Waals surface area contributed by atoms with Crippen molar-refractivity contribution in [3.63, 3.8) is 0 Å². The summed E-state index contributed by atoms with van der Waals surface area (Å²) in [4.78, 5) is 0. The number of hydrogen-bond acceptors (Lipinski definition) is 2. The van der Waals surface area contributed by atoms with Gasteiger partial charge in [-0.15, -0.1) is 0 Å². The SMILES string of the molecule is COc1ccc(CC[NH2+][C@H]2CCCC[C@@H]2OC)cc1. The lowest BCUT2D eigenvalue weighted by Gasteiger charge is -2.28. The molecule has 1 aliphatic carbocycles. The van der Waals surface area contributed by atoms with Crippen molar-refractivity contribution in [2.75, 3.05) is 20.8 Å². The third-order valence-electron chi connectivity index (χ3n) is 4.12. The van der Waals surface area contributed by atoms with Crippen LogP contribution in [-0.4, -0.2) is 32.9 Å². The van der Waals surface area contributed by atoms with Gasteiger partial charge in [0.15, 0.2) is 0 Å². The number of methoxy groups -OCH3 is 2. The fraction of sp³-hybridized carbons (Fsp3) is 0.625. The van der Waals surface area contributed by atoms with Crippen molar-refractivity contribution >= 4 is 0 Å². The van der Waals surface area contributed by atoms with Gasteiger partial charge in [0.2, 0.25) is 0 Å². The Morgan fingerprint density at radius 3 is 2.53 bits per heavy atom. The third-order valence-corrected chi connectivity index (χ3v) is 4.12. The van der Waals surface area contributed by atoms with E-state index in [-0.39, 0.29) is 0 Å². The fourth-order valence-electron chi connectivity index (χ4n) is 2.94. The maximum Gasteiger partial charge on any atom is 0.118 e. The van der Waals surface area contributed by atoms with Crippen LogP contribution in [0.1, 0.15) is 31.2 Å². The number of ether oxygens (including phenoxy) is 2. The summed E-state index contributed by atoms with van der Waals surface area (Å²) in [5.74, 6) is 0.930. The first-order valence-corrected chi connectivity index (χ1v) is 7.32. The summed E-state index contributed by atoms with van der Waals surface area (Å²) >= 11 is 0. The predicted molar refractivity (Wildman–Crippen MR) is 76.5 cm³/mol. The molecule has 1 aliphatic rings. The van der Waals surface area contributed by atoms with Crippen LogP contribution in [0.5, 0.6) is 5.75 Å². The molecular weight excluding hydrogens is 238 g/mol. The third kappa shape index (κ3) is 4.22. The minimum absolute atomic E-state index is 0.449. The second-order valence-electron chi connectivity index (χ2n) is 5.34. The zero-order valence-corrected chi connectivity index (χ0v) is 12.1. The van der Waals surface area contributed by atoms with Gasteiger partial charge in [-0.05, 0) is 30.5 Å². The molecule has 1 fully saturated rings. The molecule has 0 radical (unpaired) electrons. The predicted octanol–water partition coefficient (Wildman–Crippen LogP) is 1.76. The van der Waals surface area contributed by atoms with Crippen LogP contribution in [-0.2, 0) is 11.2 Å². The molecule has 106 valence electrons. The van der Waals surface area contributed by atoms with Crippen LogP contribution in [0, 0.1) is 0 Å². The monoisotopic (exact) mass is 264 g/mol. The largest absolute Gasteiger partial charge is 0.497 e. The Bertz CT molecular complexity index is 364. The van der Waals surface area contributed by atoms with Crippen molar-refractivity contribution in [3.05, 3.63) is 29.8 Å². The summed E-state index contributed by atoms with van der Waals surface area (Å²) in [6.45, 7) is 1.14. The van der Waals surface area contributed by atoms with Gasteiger partial charge >= 0.3 is 0 Å². The number of quaternary nitrogens is 1. The van der Waals surface area contributed by atoms with E-state index in [1.807, 2.05) is 19.2 Å². The Morgan fingerprint density at radius 2 is 1.84 bits per heavy atom. The summed E-state index contributed by atoms with van der Waals surface area (Å²) in [7, 11) is 3.55. The summed E-state index contributed by atoms with van der Waals surface area (Å²) < 4.78 is 10.8. The number of rotatable bonds is 6. The van der Waals surface area contributed by atoms with Crippen molar-refractivity contribution in [1.29, 1.82) is 0 Å². The molecule has 0 spiro atoms. The topological polar surface area (TPSA) is 35.1 Å². The lowest BCUT2D eigenvalue weighted by atomic mass is 9.92. The quantitative estimate of drug-likeness (QED) is 0.849. The average Bonchev–Trinajstić information content (AvgIpc) is 2.48. The lowest BCUT2D eigenvalue weighted by Crippen LogP contribution is -2.93. The van der Waals surface area contributed by atoms with Crippen LogP contribution >= 0.6 is 0 Å². The van der Waals surface area contributed by atoms with E-state index >= 15 is 0 Å². The van der Waals surface area contributed by atoms with Gasteiger partial charge < -0.3 is 14.8 Å². The van der Waals surface area contributed by atoms with Gasteiger partial charge in [0, 0.05) is 20.0 Å². The molecule has 1 aromatic rings. The van der Waals surface area contributed by atoms with E-state index in [0.29, 0.717) is 12.1 Å². The maximum atomic E-state index is 5.59. The first kappa shape index (κ1) is 14.4. The Kier molecular flexibility index (Phi) is 5.67. The van der Waals surface area contributed by atoms with E-state index in [1.165, 1.54) is 31.2 Å². The van der Waals surface area contributed by atoms with Crippen LogP contribution in [0.4, 0.5) is 0 Å². The lowest BCUT2D eigenvalue weighted by molar-refractivity contribution is -0.698. The molecule has 1 saturated carbocycles. The van der Waals surface area contributed by atoms with E-state index in [2.05, 4.69) is 17.4 Å². The molecule has 0 aromatic heterocycles. The molecule has 2 N–H and O–H groups in total. The molecule has 2 rings (SSSR count). The molecule has 0 unspecified atom stereocenters. The molecule has 0 amide bonds. The van der Waals surface area contributed by atoms with Crippen LogP contribution in [0.15, 0.2) is 24.3 Å². The number of benzene rings is 1. The van der Waals surface area contributed by atoms with Crippen molar-refractivity contribution in [1.82, 2.24) is 0 Å². The second-order valence-corrected chi connectivity index (χ2v) is 5.34. The standard InChI is InChI=1S/C16H25NO2/c1-18-14-9-7-13(8-10-14)11-12-17-15-5-3-4-6-16(15)19-2/h7-10,15-17H,3-6,11-12H2,1-2H3/p+1/t15-,16-/m0/s1. The minimum Gasteiger partial charge on any atom is -0.497 e. The van der Waals surface area contributed by atoms with Gasteiger partial charge in [0.1, 0.15) is 17.9 Å². The molecule has 1 aromatic carbocycles. The van der Waals surface area contributed by atoms with Crippen LogP contribution in [0.3, 0.4) is 0 Å². The Labute approximate surface area is 116 Å². The summed E-state index contributed by atoms with van der Waals surface area (Å²) in [5, 5.41) is 2.47. The number of nitrogens with two attached hydrogens (primary N) is 1.